The van der Waals surface area contributed by atoms with Gasteiger partial charge in [-0.3, -0.25) is 4.90 Å². The Labute approximate surface area is 77.2 Å². The number of hydrogen-bond acceptors (Lipinski definition) is 4. The van der Waals surface area contributed by atoms with Crippen LogP contribution in [0.25, 0.3) is 0 Å². The van der Waals surface area contributed by atoms with Gasteiger partial charge in [0.15, 0.2) is 6.10 Å². The van der Waals surface area contributed by atoms with Gasteiger partial charge in [-0.1, -0.05) is 0 Å². The molecule has 1 heterocycles. The zero-order valence-electron chi connectivity index (χ0n) is 7.73. The van der Waals surface area contributed by atoms with Crippen molar-refractivity contribution < 1.29 is 19.4 Å². The predicted molar refractivity (Wildman–Crippen MR) is 45.7 cm³/mol. The highest BCUT2D eigenvalue weighted by molar-refractivity contribution is 5.72. The first-order valence-corrected chi connectivity index (χ1v) is 4.29. The number of aliphatic carboxylic acids is 1. The highest BCUT2D eigenvalue weighted by Crippen LogP contribution is 2.04. The molecule has 1 aliphatic rings. The molecule has 1 N–H and O–H groups in total. The first kappa shape index (κ1) is 10.4. The van der Waals surface area contributed by atoms with E-state index < -0.39 is 12.1 Å². The average molecular weight is 189 g/mol. The van der Waals surface area contributed by atoms with Crippen molar-refractivity contribution in [2.45, 2.75) is 6.10 Å². The first-order valence-electron chi connectivity index (χ1n) is 4.29. The largest absolute Gasteiger partial charge is 0.479 e. The van der Waals surface area contributed by atoms with Crippen molar-refractivity contribution in [3.05, 3.63) is 0 Å². The SMILES string of the molecule is COCCN1CCOC(C(=O)O)C1. The quantitative estimate of drug-likeness (QED) is 0.641. The Morgan fingerprint density at radius 1 is 1.77 bits per heavy atom. The van der Waals surface area contributed by atoms with E-state index in [0.29, 0.717) is 19.8 Å². The van der Waals surface area contributed by atoms with Crippen LogP contribution in [0, 0.1) is 0 Å². The van der Waals surface area contributed by atoms with Gasteiger partial charge in [0.1, 0.15) is 0 Å². The van der Waals surface area contributed by atoms with Crippen molar-refractivity contribution in [3.63, 3.8) is 0 Å². The summed E-state index contributed by atoms with van der Waals surface area (Å²) in [6.07, 6.45) is -0.675. The number of nitrogens with zero attached hydrogens (tertiary/aromatic N) is 1. The van der Waals surface area contributed by atoms with Gasteiger partial charge in [0.05, 0.1) is 13.2 Å². The van der Waals surface area contributed by atoms with Crippen LogP contribution in [-0.2, 0) is 14.3 Å². The van der Waals surface area contributed by atoms with E-state index in [1.165, 1.54) is 0 Å². The van der Waals surface area contributed by atoms with Gasteiger partial charge in [-0.15, -0.1) is 0 Å². The molecule has 0 aromatic carbocycles. The Kier molecular flexibility index (Phi) is 4.14. The van der Waals surface area contributed by atoms with E-state index in [0.717, 1.165) is 13.1 Å². The molecule has 13 heavy (non-hydrogen) atoms. The second kappa shape index (κ2) is 5.16. The smallest absolute Gasteiger partial charge is 0.334 e. The van der Waals surface area contributed by atoms with Crippen LogP contribution in [0.5, 0.6) is 0 Å². The Bertz CT molecular complexity index is 174. The Morgan fingerprint density at radius 3 is 3.15 bits per heavy atom. The minimum atomic E-state index is -0.887. The molecule has 0 aromatic rings. The van der Waals surface area contributed by atoms with E-state index in [2.05, 4.69) is 0 Å². The minimum absolute atomic E-state index is 0.457. The molecule has 5 heteroatoms. The lowest BCUT2D eigenvalue weighted by Gasteiger charge is -2.30. The van der Waals surface area contributed by atoms with Gasteiger partial charge < -0.3 is 14.6 Å². The zero-order valence-corrected chi connectivity index (χ0v) is 7.73. The molecule has 0 aromatic heterocycles. The van der Waals surface area contributed by atoms with Crippen LogP contribution in [0.4, 0.5) is 0 Å². The fourth-order valence-corrected chi connectivity index (χ4v) is 1.28. The number of hydrogen-bond donors (Lipinski definition) is 1. The summed E-state index contributed by atoms with van der Waals surface area (Å²) in [6, 6.07) is 0. The van der Waals surface area contributed by atoms with E-state index in [4.69, 9.17) is 14.6 Å². The number of ether oxygens (including phenoxy) is 2. The lowest BCUT2D eigenvalue weighted by atomic mass is 10.3. The van der Waals surface area contributed by atoms with Crippen molar-refractivity contribution in [2.24, 2.45) is 0 Å². The molecule has 1 saturated heterocycles. The number of rotatable bonds is 4. The summed E-state index contributed by atoms with van der Waals surface area (Å²) in [6.45, 7) is 3.13. The number of carboxylic acid groups (broad SMARTS) is 1. The third-order valence-corrected chi connectivity index (χ3v) is 2.04. The molecular formula is C8H15NO4. The van der Waals surface area contributed by atoms with E-state index in [-0.39, 0.29) is 0 Å². The molecule has 0 radical (unpaired) electrons. The van der Waals surface area contributed by atoms with Crippen LogP contribution in [0.3, 0.4) is 0 Å². The van der Waals surface area contributed by atoms with Crippen LogP contribution >= 0.6 is 0 Å². The van der Waals surface area contributed by atoms with Crippen LogP contribution in [0.15, 0.2) is 0 Å². The highest BCUT2D eigenvalue weighted by atomic mass is 16.5. The van der Waals surface area contributed by atoms with Gasteiger partial charge in [-0.05, 0) is 0 Å². The monoisotopic (exact) mass is 189 g/mol. The Hall–Kier alpha value is -0.650. The van der Waals surface area contributed by atoms with Crippen LogP contribution in [0.2, 0.25) is 0 Å². The van der Waals surface area contributed by atoms with E-state index >= 15 is 0 Å². The normalized spacial score (nSPS) is 24.5. The van der Waals surface area contributed by atoms with Crippen molar-refractivity contribution in [1.82, 2.24) is 4.90 Å². The Morgan fingerprint density at radius 2 is 2.54 bits per heavy atom. The van der Waals surface area contributed by atoms with Crippen LogP contribution in [-0.4, -0.2) is 62.0 Å². The molecule has 5 nitrogen and oxygen atoms in total. The maximum absolute atomic E-state index is 10.6. The predicted octanol–water partition coefficient (Wildman–Crippen LogP) is -0.582. The topological polar surface area (TPSA) is 59.0 Å². The number of carbonyl (C=O) groups is 1. The number of methoxy groups -OCH3 is 1. The maximum Gasteiger partial charge on any atom is 0.334 e. The van der Waals surface area contributed by atoms with Gasteiger partial charge in [0.25, 0.3) is 0 Å². The van der Waals surface area contributed by atoms with Crippen molar-refractivity contribution >= 4 is 5.97 Å². The van der Waals surface area contributed by atoms with Gasteiger partial charge in [-0.2, -0.15) is 0 Å². The lowest BCUT2D eigenvalue weighted by Crippen LogP contribution is -2.46. The Balaban J connectivity index is 2.29. The van der Waals surface area contributed by atoms with E-state index in [1.54, 1.807) is 7.11 Å². The molecule has 1 aliphatic heterocycles. The van der Waals surface area contributed by atoms with Crippen LogP contribution < -0.4 is 0 Å². The van der Waals surface area contributed by atoms with Gasteiger partial charge in [0, 0.05) is 26.7 Å². The molecule has 1 unspecified atom stereocenters. The van der Waals surface area contributed by atoms with Gasteiger partial charge in [-0.25, -0.2) is 4.79 Å². The molecule has 1 fully saturated rings. The maximum atomic E-state index is 10.6. The summed E-state index contributed by atoms with van der Waals surface area (Å²) in [7, 11) is 1.63. The molecule has 0 bridgehead atoms. The van der Waals surface area contributed by atoms with E-state index in [9.17, 15) is 4.79 Å². The molecule has 1 rings (SSSR count). The van der Waals surface area contributed by atoms with Crippen molar-refractivity contribution in [2.75, 3.05) is 40.0 Å². The molecule has 0 amide bonds. The summed E-state index contributed by atoms with van der Waals surface area (Å²) >= 11 is 0. The summed E-state index contributed by atoms with van der Waals surface area (Å²) in [5.74, 6) is -0.887. The fraction of sp³-hybridized carbons (Fsp3) is 0.875. The van der Waals surface area contributed by atoms with Crippen LogP contribution in [0.1, 0.15) is 0 Å². The standard InChI is InChI=1S/C8H15NO4/c1-12-4-2-9-3-5-13-7(6-9)8(10)11/h7H,2-6H2,1H3,(H,10,11). The summed E-state index contributed by atoms with van der Waals surface area (Å²) in [5, 5.41) is 8.70. The first-order chi connectivity index (χ1) is 6.24. The second-order valence-electron chi connectivity index (χ2n) is 2.99. The average Bonchev–Trinajstić information content (AvgIpc) is 2.15. The summed E-state index contributed by atoms with van der Waals surface area (Å²) in [4.78, 5) is 12.6. The second-order valence-corrected chi connectivity index (χ2v) is 2.99. The third-order valence-electron chi connectivity index (χ3n) is 2.04. The molecular weight excluding hydrogens is 174 g/mol. The number of carboxylic acids is 1. The lowest BCUT2D eigenvalue weighted by molar-refractivity contribution is -0.156. The summed E-state index contributed by atoms with van der Waals surface area (Å²) < 4.78 is 9.98. The molecule has 0 aliphatic carbocycles. The fourth-order valence-electron chi connectivity index (χ4n) is 1.28. The summed E-state index contributed by atoms with van der Waals surface area (Å²) in [5.41, 5.74) is 0. The van der Waals surface area contributed by atoms with E-state index in [1.807, 2.05) is 4.90 Å². The minimum Gasteiger partial charge on any atom is -0.479 e. The molecule has 76 valence electrons. The van der Waals surface area contributed by atoms with Crippen molar-refractivity contribution in [3.8, 4) is 0 Å². The molecule has 0 spiro atoms. The number of morpholine rings is 1. The third kappa shape index (κ3) is 3.30. The highest BCUT2D eigenvalue weighted by Gasteiger charge is 2.25. The van der Waals surface area contributed by atoms with Gasteiger partial charge >= 0.3 is 5.97 Å². The zero-order chi connectivity index (χ0) is 9.68. The molecule has 0 saturated carbocycles. The van der Waals surface area contributed by atoms with Gasteiger partial charge in [0.2, 0.25) is 0 Å². The molecule has 1 atom stereocenters. The van der Waals surface area contributed by atoms with Crippen molar-refractivity contribution in [1.29, 1.82) is 0 Å².